The zero-order valence-corrected chi connectivity index (χ0v) is 11.9. The van der Waals surface area contributed by atoms with E-state index in [-0.39, 0.29) is 5.91 Å². The van der Waals surface area contributed by atoms with Crippen LogP contribution in [0.1, 0.15) is 15.9 Å². The van der Waals surface area contributed by atoms with Gasteiger partial charge in [-0.3, -0.25) is 4.79 Å². The summed E-state index contributed by atoms with van der Waals surface area (Å²) in [5.74, 6) is 5.50. The van der Waals surface area contributed by atoms with E-state index >= 15 is 0 Å². The van der Waals surface area contributed by atoms with Gasteiger partial charge in [0.15, 0.2) is 0 Å². The molecule has 0 radical (unpaired) electrons. The number of nitrogens with one attached hydrogen (secondary N) is 2. The summed E-state index contributed by atoms with van der Waals surface area (Å²) in [6.45, 7) is 1.93. The Hall–Kier alpha value is -1.92. The number of halogens is 1. The van der Waals surface area contributed by atoms with Gasteiger partial charge in [0.2, 0.25) is 0 Å². The summed E-state index contributed by atoms with van der Waals surface area (Å²) in [7, 11) is 0. The molecule has 5 nitrogen and oxygen atoms in total. The fourth-order valence-electron chi connectivity index (χ4n) is 1.61. The number of hydrogen-bond acceptors (Lipinski definition) is 4. The number of carbonyl (C=O) groups excluding carboxylic acids is 1. The molecule has 0 bridgehead atoms. The van der Waals surface area contributed by atoms with Gasteiger partial charge in [0.05, 0.1) is 0 Å². The molecule has 1 amide bonds. The van der Waals surface area contributed by atoms with E-state index < -0.39 is 0 Å². The zero-order chi connectivity index (χ0) is 13.8. The van der Waals surface area contributed by atoms with E-state index in [9.17, 15) is 4.79 Å². The van der Waals surface area contributed by atoms with Gasteiger partial charge in [-0.05, 0) is 42.8 Å². The van der Waals surface area contributed by atoms with Gasteiger partial charge in [-0.2, -0.15) is 0 Å². The molecule has 19 heavy (non-hydrogen) atoms. The van der Waals surface area contributed by atoms with Crippen molar-refractivity contribution in [1.29, 1.82) is 0 Å². The van der Waals surface area contributed by atoms with Gasteiger partial charge >= 0.3 is 0 Å². The number of nitrogens with zero attached hydrogens (tertiary/aromatic N) is 1. The molecule has 6 heteroatoms. The van der Waals surface area contributed by atoms with E-state index in [2.05, 4.69) is 31.7 Å². The summed E-state index contributed by atoms with van der Waals surface area (Å²) in [6.07, 6.45) is 1.53. The van der Waals surface area contributed by atoms with Gasteiger partial charge < -0.3 is 10.7 Å². The summed E-state index contributed by atoms with van der Waals surface area (Å²) < 4.78 is 0.974. The van der Waals surface area contributed by atoms with Gasteiger partial charge in [0.25, 0.3) is 5.91 Å². The van der Waals surface area contributed by atoms with Crippen LogP contribution in [0.2, 0.25) is 0 Å². The Morgan fingerprint density at radius 2 is 2.11 bits per heavy atom. The first-order valence-corrected chi connectivity index (χ1v) is 6.39. The van der Waals surface area contributed by atoms with Gasteiger partial charge in [0, 0.05) is 21.9 Å². The third-order valence-electron chi connectivity index (χ3n) is 2.61. The number of anilines is 2. The molecule has 4 N–H and O–H groups in total. The molecule has 0 saturated heterocycles. The van der Waals surface area contributed by atoms with E-state index in [1.807, 2.05) is 25.1 Å². The van der Waals surface area contributed by atoms with Crippen LogP contribution in [0.15, 0.2) is 41.0 Å². The van der Waals surface area contributed by atoms with Crippen molar-refractivity contribution >= 4 is 33.3 Å². The van der Waals surface area contributed by atoms with E-state index in [1.54, 1.807) is 12.1 Å². The van der Waals surface area contributed by atoms with Gasteiger partial charge in [-0.15, -0.1) is 0 Å². The maximum Gasteiger partial charge on any atom is 0.255 e. The smallest absolute Gasteiger partial charge is 0.255 e. The number of amides is 1. The highest BCUT2D eigenvalue weighted by Crippen LogP contribution is 2.20. The molecule has 0 atom stereocenters. The van der Waals surface area contributed by atoms with Crippen LogP contribution >= 0.6 is 15.9 Å². The number of nitrogens with two attached hydrogens (primary N) is 1. The fourth-order valence-corrected chi connectivity index (χ4v) is 2.09. The normalized spacial score (nSPS) is 10.1. The largest absolute Gasteiger partial charge is 0.322 e. The third kappa shape index (κ3) is 3.30. The molecule has 0 aliphatic heterocycles. The Balaban J connectivity index is 2.20. The van der Waals surface area contributed by atoms with Crippen LogP contribution in [-0.2, 0) is 0 Å². The van der Waals surface area contributed by atoms with Crippen LogP contribution in [0.5, 0.6) is 0 Å². The second kappa shape index (κ2) is 5.81. The lowest BCUT2D eigenvalue weighted by molar-refractivity contribution is 0.102. The molecule has 1 aromatic heterocycles. The minimum atomic E-state index is -0.204. The molecule has 0 saturated carbocycles. The minimum Gasteiger partial charge on any atom is -0.322 e. The highest BCUT2D eigenvalue weighted by atomic mass is 79.9. The number of carbonyl (C=O) groups is 1. The molecule has 0 aliphatic carbocycles. The molecule has 2 rings (SSSR count). The fraction of sp³-hybridized carbons (Fsp3) is 0.0769. The second-order valence-electron chi connectivity index (χ2n) is 3.99. The summed E-state index contributed by atoms with van der Waals surface area (Å²) in [5.41, 5.74) is 4.65. The molecule has 0 fully saturated rings. The molecular weight excluding hydrogens is 308 g/mol. The molecule has 2 aromatic rings. The van der Waals surface area contributed by atoms with E-state index in [4.69, 9.17) is 5.84 Å². The predicted molar refractivity (Wildman–Crippen MR) is 78.9 cm³/mol. The first-order valence-electron chi connectivity index (χ1n) is 5.60. The van der Waals surface area contributed by atoms with Crippen LogP contribution < -0.4 is 16.6 Å². The maximum atomic E-state index is 12.1. The van der Waals surface area contributed by atoms with Crippen LogP contribution in [0, 0.1) is 6.92 Å². The number of aromatic nitrogens is 1. The molecular formula is C13H13BrN4O. The molecule has 0 unspecified atom stereocenters. The van der Waals surface area contributed by atoms with E-state index in [0.717, 1.165) is 15.7 Å². The van der Waals surface area contributed by atoms with Crippen LogP contribution in [0.25, 0.3) is 0 Å². The van der Waals surface area contributed by atoms with Gasteiger partial charge in [-0.1, -0.05) is 15.9 Å². The summed E-state index contributed by atoms with van der Waals surface area (Å²) in [6, 6.07) is 8.88. The molecule has 98 valence electrons. The monoisotopic (exact) mass is 320 g/mol. The first-order chi connectivity index (χ1) is 9.10. The molecule has 0 spiro atoms. The number of aryl methyl sites for hydroxylation is 1. The van der Waals surface area contributed by atoms with Crippen molar-refractivity contribution in [3.63, 3.8) is 0 Å². The quantitative estimate of drug-likeness (QED) is 0.600. The van der Waals surface area contributed by atoms with Gasteiger partial charge in [0.1, 0.15) is 5.82 Å². The number of benzene rings is 1. The van der Waals surface area contributed by atoms with Crippen molar-refractivity contribution in [2.75, 3.05) is 10.7 Å². The zero-order valence-electron chi connectivity index (χ0n) is 10.3. The predicted octanol–water partition coefficient (Wildman–Crippen LogP) is 2.69. The highest BCUT2D eigenvalue weighted by Gasteiger charge is 2.08. The number of pyridine rings is 1. The van der Waals surface area contributed by atoms with Crippen molar-refractivity contribution < 1.29 is 4.79 Å². The highest BCUT2D eigenvalue weighted by molar-refractivity contribution is 9.10. The van der Waals surface area contributed by atoms with E-state index in [1.165, 1.54) is 6.20 Å². The third-order valence-corrected chi connectivity index (χ3v) is 3.10. The second-order valence-corrected chi connectivity index (χ2v) is 4.90. The van der Waals surface area contributed by atoms with Crippen molar-refractivity contribution in [3.05, 3.63) is 52.1 Å². The summed E-state index contributed by atoms with van der Waals surface area (Å²) in [4.78, 5) is 16.1. The molecule has 1 heterocycles. The van der Waals surface area contributed by atoms with Crippen LogP contribution in [0.3, 0.4) is 0 Å². The Bertz CT molecular complexity index is 615. The van der Waals surface area contributed by atoms with Crippen LogP contribution in [-0.4, -0.2) is 10.9 Å². The van der Waals surface area contributed by atoms with Crippen molar-refractivity contribution in [3.8, 4) is 0 Å². The van der Waals surface area contributed by atoms with E-state index in [0.29, 0.717) is 11.4 Å². The Labute approximate surface area is 119 Å². The van der Waals surface area contributed by atoms with Crippen molar-refractivity contribution in [2.45, 2.75) is 6.92 Å². The Kier molecular flexibility index (Phi) is 4.13. The number of hydrazine groups is 1. The average molecular weight is 321 g/mol. The average Bonchev–Trinajstić information content (AvgIpc) is 2.42. The topological polar surface area (TPSA) is 80.0 Å². The summed E-state index contributed by atoms with van der Waals surface area (Å²) >= 11 is 3.38. The lowest BCUT2D eigenvalue weighted by Gasteiger charge is -2.09. The van der Waals surface area contributed by atoms with Crippen LogP contribution in [0.4, 0.5) is 11.5 Å². The maximum absolute atomic E-state index is 12.1. The molecule has 0 aliphatic rings. The Morgan fingerprint density at radius 3 is 2.79 bits per heavy atom. The number of hydrogen-bond donors (Lipinski definition) is 3. The lowest BCUT2D eigenvalue weighted by Crippen LogP contribution is -2.14. The lowest BCUT2D eigenvalue weighted by atomic mass is 10.2. The summed E-state index contributed by atoms with van der Waals surface area (Å²) in [5, 5.41) is 2.85. The van der Waals surface area contributed by atoms with Crippen molar-refractivity contribution in [2.24, 2.45) is 5.84 Å². The van der Waals surface area contributed by atoms with Crippen molar-refractivity contribution in [1.82, 2.24) is 4.98 Å². The number of rotatable bonds is 3. The number of nitrogen functional groups attached to an aromatic ring is 1. The molecule has 1 aromatic carbocycles. The Morgan fingerprint density at radius 1 is 1.32 bits per heavy atom. The SMILES string of the molecule is Cc1cc(Br)ccc1NC(=O)c1ccnc(NN)c1. The standard InChI is InChI=1S/C13H13BrN4O/c1-8-6-10(14)2-3-11(8)17-13(19)9-4-5-16-12(7-9)18-15/h2-7H,15H2,1H3,(H,16,18)(H,17,19). The minimum absolute atomic E-state index is 0.204. The van der Waals surface area contributed by atoms with Gasteiger partial charge in [-0.25, -0.2) is 10.8 Å². The first kappa shape index (κ1) is 13.5.